The molecule has 0 aliphatic carbocycles. The Labute approximate surface area is 164 Å². The summed E-state index contributed by atoms with van der Waals surface area (Å²) < 4.78 is 0. The summed E-state index contributed by atoms with van der Waals surface area (Å²) in [4.78, 5) is 31.6. The van der Waals surface area contributed by atoms with Crippen molar-refractivity contribution in [1.82, 2.24) is 5.32 Å². The summed E-state index contributed by atoms with van der Waals surface area (Å²) >= 11 is 0. The highest BCUT2D eigenvalue weighted by atomic mass is 16.7. The van der Waals surface area contributed by atoms with Gasteiger partial charge in [0.05, 0.1) is 11.6 Å². The van der Waals surface area contributed by atoms with E-state index in [9.17, 15) is 9.59 Å². The molecule has 0 unspecified atom stereocenters. The number of carbonyl (C=O) groups excluding carboxylic acids is 2. The Morgan fingerprint density at radius 1 is 1.11 bits per heavy atom. The number of carbonyl (C=O) groups is 2. The quantitative estimate of drug-likeness (QED) is 0.892. The van der Waals surface area contributed by atoms with Gasteiger partial charge in [0.1, 0.15) is 0 Å². The fraction of sp³-hybridized carbons (Fsp3) is 0.261. The van der Waals surface area contributed by atoms with Crippen molar-refractivity contribution >= 4 is 17.4 Å². The van der Waals surface area contributed by atoms with Crippen LogP contribution in [0.4, 0.5) is 0 Å². The Morgan fingerprint density at radius 3 is 2.43 bits per heavy atom. The van der Waals surface area contributed by atoms with Crippen molar-refractivity contribution in [3.63, 3.8) is 0 Å². The Hall–Kier alpha value is -3.21. The van der Waals surface area contributed by atoms with Crippen molar-refractivity contribution in [3.05, 3.63) is 82.6 Å². The number of hydrogen-bond donors (Lipinski definition) is 1. The number of allylic oxidation sites excluding steroid dienone is 1. The van der Waals surface area contributed by atoms with Crippen LogP contribution in [0.25, 0.3) is 0 Å². The molecular formula is C23H22N2O3. The van der Waals surface area contributed by atoms with Gasteiger partial charge in [0.2, 0.25) is 5.60 Å². The number of Topliss-reactive ketones (excluding diaryl/α,β-unsaturated/α-hetero) is 1. The third-order valence-electron chi connectivity index (χ3n) is 5.49. The molecule has 142 valence electrons. The summed E-state index contributed by atoms with van der Waals surface area (Å²) in [5.41, 5.74) is 3.45. The summed E-state index contributed by atoms with van der Waals surface area (Å²) in [6.07, 6.45) is 0.297. The largest absolute Gasteiger partial charge is 0.377 e. The van der Waals surface area contributed by atoms with Gasteiger partial charge in [-0.1, -0.05) is 65.3 Å². The van der Waals surface area contributed by atoms with E-state index in [1.807, 2.05) is 61.5 Å². The monoisotopic (exact) mass is 374 g/mol. The molecule has 28 heavy (non-hydrogen) atoms. The molecular weight excluding hydrogens is 352 g/mol. The van der Waals surface area contributed by atoms with E-state index < -0.39 is 11.5 Å². The Bertz CT molecular complexity index is 1010. The van der Waals surface area contributed by atoms with Gasteiger partial charge in [-0.05, 0) is 31.9 Å². The number of ketones is 1. The summed E-state index contributed by atoms with van der Waals surface area (Å²) in [6.45, 7) is 5.29. The van der Waals surface area contributed by atoms with E-state index in [4.69, 9.17) is 4.84 Å². The van der Waals surface area contributed by atoms with Crippen LogP contribution in [0.5, 0.6) is 0 Å². The van der Waals surface area contributed by atoms with Crippen LogP contribution >= 0.6 is 0 Å². The number of amides is 1. The van der Waals surface area contributed by atoms with E-state index in [0.29, 0.717) is 23.4 Å². The molecule has 1 N–H and O–H groups in total. The Morgan fingerprint density at radius 2 is 1.79 bits per heavy atom. The SMILES string of the molecule is CC(=O)C1=C(C)NC(=O)[C@@]2(CC(c3ccccc3)=NO2)[C@H]1c1ccc(C)cc1. The molecule has 0 saturated carbocycles. The molecule has 1 spiro atoms. The lowest BCUT2D eigenvalue weighted by atomic mass is 9.70. The average Bonchev–Trinajstić information content (AvgIpc) is 3.12. The van der Waals surface area contributed by atoms with Crippen LogP contribution in [0.1, 0.15) is 42.9 Å². The lowest BCUT2D eigenvalue weighted by Gasteiger charge is -2.39. The van der Waals surface area contributed by atoms with Gasteiger partial charge in [-0.3, -0.25) is 9.59 Å². The second-order valence-corrected chi connectivity index (χ2v) is 7.45. The van der Waals surface area contributed by atoms with E-state index in [0.717, 1.165) is 16.7 Å². The molecule has 5 heteroatoms. The van der Waals surface area contributed by atoms with Crippen molar-refractivity contribution in [3.8, 4) is 0 Å². The van der Waals surface area contributed by atoms with Crippen LogP contribution in [0.3, 0.4) is 0 Å². The van der Waals surface area contributed by atoms with Crippen LogP contribution in [0, 0.1) is 6.92 Å². The second-order valence-electron chi connectivity index (χ2n) is 7.45. The predicted octanol–water partition coefficient (Wildman–Crippen LogP) is 3.63. The van der Waals surface area contributed by atoms with Gasteiger partial charge in [0.15, 0.2) is 5.78 Å². The third-order valence-corrected chi connectivity index (χ3v) is 5.49. The lowest BCUT2D eigenvalue weighted by molar-refractivity contribution is -0.147. The molecule has 0 aromatic heterocycles. The van der Waals surface area contributed by atoms with Crippen molar-refractivity contribution < 1.29 is 14.4 Å². The first kappa shape index (κ1) is 18.2. The number of benzene rings is 2. The van der Waals surface area contributed by atoms with Crippen molar-refractivity contribution in [1.29, 1.82) is 0 Å². The molecule has 2 atom stereocenters. The minimum atomic E-state index is -1.28. The first-order chi connectivity index (χ1) is 13.4. The summed E-state index contributed by atoms with van der Waals surface area (Å²) in [5, 5.41) is 7.12. The summed E-state index contributed by atoms with van der Waals surface area (Å²) in [6, 6.07) is 17.5. The summed E-state index contributed by atoms with van der Waals surface area (Å²) in [5.74, 6) is -0.876. The third kappa shape index (κ3) is 2.83. The normalized spacial score (nSPS) is 24.0. The van der Waals surface area contributed by atoms with Gasteiger partial charge >= 0.3 is 0 Å². The topological polar surface area (TPSA) is 67.8 Å². The van der Waals surface area contributed by atoms with Gasteiger partial charge < -0.3 is 10.2 Å². The molecule has 0 radical (unpaired) electrons. The van der Waals surface area contributed by atoms with Gasteiger partial charge in [0, 0.05) is 17.7 Å². The summed E-state index contributed by atoms with van der Waals surface area (Å²) in [7, 11) is 0. The van der Waals surface area contributed by atoms with Crippen molar-refractivity contribution in [2.45, 2.75) is 38.7 Å². The van der Waals surface area contributed by atoms with Crippen molar-refractivity contribution in [2.24, 2.45) is 5.16 Å². The van der Waals surface area contributed by atoms with Crippen LogP contribution in [0.15, 0.2) is 71.0 Å². The smallest absolute Gasteiger partial charge is 0.272 e. The standard InChI is InChI=1S/C23H22N2O3/c1-14-9-11-18(12-10-14)21-20(16(3)26)15(2)24-22(27)23(21)13-19(25-28-23)17-7-5-4-6-8-17/h4-12,21H,13H2,1-3H3,(H,24,27)/t21-,23+/m0/s1. The zero-order chi connectivity index (χ0) is 19.9. The fourth-order valence-corrected chi connectivity index (χ4v) is 4.10. The number of aryl methyl sites for hydroxylation is 1. The number of nitrogens with zero attached hydrogens (tertiary/aromatic N) is 1. The fourth-order valence-electron chi connectivity index (χ4n) is 4.10. The second kappa shape index (κ2) is 6.75. The zero-order valence-electron chi connectivity index (χ0n) is 16.2. The molecule has 2 aliphatic rings. The van der Waals surface area contributed by atoms with E-state index in [1.54, 1.807) is 6.92 Å². The van der Waals surface area contributed by atoms with Gasteiger partial charge in [-0.2, -0.15) is 0 Å². The van der Waals surface area contributed by atoms with E-state index in [2.05, 4.69) is 10.5 Å². The van der Waals surface area contributed by atoms with Crippen LogP contribution in [-0.4, -0.2) is 23.0 Å². The maximum absolute atomic E-state index is 13.2. The molecule has 2 heterocycles. The van der Waals surface area contributed by atoms with Crippen LogP contribution in [0.2, 0.25) is 0 Å². The van der Waals surface area contributed by atoms with Crippen LogP contribution in [-0.2, 0) is 14.4 Å². The molecule has 0 saturated heterocycles. The first-order valence-corrected chi connectivity index (χ1v) is 9.32. The molecule has 5 nitrogen and oxygen atoms in total. The molecule has 2 aromatic rings. The number of rotatable bonds is 3. The number of nitrogens with one attached hydrogen (secondary N) is 1. The Balaban J connectivity index is 1.84. The van der Waals surface area contributed by atoms with Crippen molar-refractivity contribution in [2.75, 3.05) is 0 Å². The predicted molar refractivity (Wildman–Crippen MR) is 107 cm³/mol. The maximum Gasteiger partial charge on any atom is 0.272 e. The first-order valence-electron chi connectivity index (χ1n) is 9.32. The molecule has 4 rings (SSSR count). The zero-order valence-corrected chi connectivity index (χ0v) is 16.2. The Kier molecular flexibility index (Phi) is 4.38. The minimum absolute atomic E-state index is 0.0841. The van der Waals surface area contributed by atoms with Gasteiger partial charge in [-0.15, -0.1) is 0 Å². The van der Waals surface area contributed by atoms with E-state index in [-0.39, 0.29) is 11.7 Å². The maximum atomic E-state index is 13.2. The van der Waals surface area contributed by atoms with Gasteiger partial charge in [0.25, 0.3) is 5.91 Å². The molecule has 2 aliphatic heterocycles. The minimum Gasteiger partial charge on any atom is -0.377 e. The number of hydrogen-bond acceptors (Lipinski definition) is 4. The highest BCUT2D eigenvalue weighted by molar-refractivity contribution is 6.09. The van der Waals surface area contributed by atoms with E-state index >= 15 is 0 Å². The molecule has 2 aromatic carbocycles. The van der Waals surface area contributed by atoms with Gasteiger partial charge in [-0.25, -0.2) is 0 Å². The molecule has 1 amide bonds. The average molecular weight is 374 g/mol. The highest BCUT2D eigenvalue weighted by Crippen LogP contribution is 2.47. The number of oxime groups is 1. The lowest BCUT2D eigenvalue weighted by Crippen LogP contribution is -2.55. The molecule has 0 fully saturated rings. The van der Waals surface area contributed by atoms with E-state index in [1.165, 1.54) is 6.92 Å². The van der Waals surface area contributed by atoms with Crippen LogP contribution < -0.4 is 5.32 Å². The molecule has 0 bridgehead atoms. The highest BCUT2D eigenvalue weighted by Gasteiger charge is 2.58.